The summed E-state index contributed by atoms with van der Waals surface area (Å²) < 4.78 is 5.81. The van der Waals surface area contributed by atoms with E-state index in [-0.39, 0.29) is 6.04 Å². The Morgan fingerprint density at radius 2 is 1.84 bits per heavy atom. The highest BCUT2D eigenvalue weighted by molar-refractivity contribution is 6.30. The molecule has 0 radical (unpaired) electrons. The van der Waals surface area contributed by atoms with E-state index in [4.69, 9.17) is 22.1 Å². The number of rotatable bonds is 4. The second-order valence-corrected chi connectivity index (χ2v) is 5.17. The number of benzene rings is 2. The minimum atomic E-state index is 0.0454. The van der Waals surface area contributed by atoms with E-state index in [1.807, 2.05) is 50.2 Å². The Balaban J connectivity index is 2.05. The average Bonchev–Trinajstić information content (AvgIpc) is 2.39. The highest BCUT2D eigenvalue weighted by atomic mass is 35.5. The minimum Gasteiger partial charge on any atom is -0.489 e. The summed E-state index contributed by atoms with van der Waals surface area (Å²) in [4.78, 5) is 0. The van der Waals surface area contributed by atoms with Crippen molar-refractivity contribution in [3.63, 3.8) is 0 Å². The molecule has 0 fully saturated rings. The van der Waals surface area contributed by atoms with Gasteiger partial charge in [-0.1, -0.05) is 35.9 Å². The maximum absolute atomic E-state index is 5.86. The van der Waals surface area contributed by atoms with Crippen LogP contribution in [0, 0.1) is 6.92 Å². The molecule has 0 aliphatic heterocycles. The standard InChI is InChI=1S/C16H18ClNO/c1-11-9-14(12(2)18)5-8-16(11)19-10-13-3-6-15(17)7-4-13/h3-9,12H,10,18H2,1-2H3. The van der Waals surface area contributed by atoms with Crippen LogP contribution in [0.1, 0.15) is 29.7 Å². The molecular formula is C16H18ClNO. The van der Waals surface area contributed by atoms with Crippen LogP contribution in [0.15, 0.2) is 42.5 Å². The molecule has 0 spiro atoms. The van der Waals surface area contributed by atoms with Crippen molar-refractivity contribution in [3.8, 4) is 5.75 Å². The molecule has 2 nitrogen and oxygen atoms in total. The molecule has 0 amide bonds. The number of hydrogen-bond acceptors (Lipinski definition) is 2. The van der Waals surface area contributed by atoms with Crippen molar-refractivity contribution in [3.05, 3.63) is 64.2 Å². The second kappa shape index (κ2) is 6.09. The zero-order valence-electron chi connectivity index (χ0n) is 11.2. The third-order valence-electron chi connectivity index (χ3n) is 3.03. The van der Waals surface area contributed by atoms with Crippen molar-refractivity contribution < 1.29 is 4.74 Å². The van der Waals surface area contributed by atoms with Gasteiger partial charge in [-0.25, -0.2) is 0 Å². The summed E-state index contributed by atoms with van der Waals surface area (Å²) in [7, 11) is 0. The third-order valence-corrected chi connectivity index (χ3v) is 3.28. The maximum Gasteiger partial charge on any atom is 0.122 e. The molecule has 0 bridgehead atoms. The maximum atomic E-state index is 5.86. The Hall–Kier alpha value is -1.51. The van der Waals surface area contributed by atoms with Crippen molar-refractivity contribution >= 4 is 11.6 Å². The smallest absolute Gasteiger partial charge is 0.122 e. The van der Waals surface area contributed by atoms with Crippen LogP contribution < -0.4 is 10.5 Å². The van der Waals surface area contributed by atoms with Gasteiger partial charge in [-0.15, -0.1) is 0 Å². The fourth-order valence-corrected chi connectivity index (χ4v) is 1.99. The Morgan fingerprint density at radius 1 is 1.16 bits per heavy atom. The molecule has 0 saturated carbocycles. The molecule has 1 atom stereocenters. The molecule has 0 aromatic heterocycles. The van der Waals surface area contributed by atoms with Crippen LogP contribution in [0.4, 0.5) is 0 Å². The summed E-state index contributed by atoms with van der Waals surface area (Å²) in [6.45, 7) is 4.54. The first-order valence-corrected chi connectivity index (χ1v) is 6.67. The lowest BCUT2D eigenvalue weighted by atomic mass is 10.1. The van der Waals surface area contributed by atoms with E-state index in [0.717, 1.165) is 27.5 Å². The van der Waals surface area contributed by atoms with Gasteiger partial charge < -0.3 is 10.5 Å². The van der Waals surface area contributed by atoms with Gasteiger partial charge in [0.2, 0.25) is 0 Å². The number of ether oxygens (including phenoxy) is 1. The zero-order valence-corrected chi connectivity index (χ0v) is 11.9. The molecule has 2 rings (SSSR count). The van der Waals surface area contributed by atoms with Crippen LogP contribution in [-0.2, 0) is 6.61 Å². The van der Waals surface area contributed by atoms with Gasteiger partial charge in [0, 0.05) is 11.1 Å². The number of nitrogens with two attached hydrogens (primary N) is 1. The Kier molecular flexibility index (Phi) is 4.46. The van der Waals surface area contributed by atoms with Gasteiger partial charge in [-0.3, -0.25) is 0 Å². The van der Waals surface area contributed by atoms with Crippen LogP contribution in [0.3, 0.4) is 0 Å². The Bertz CT molecular complexity index is 549. The first-order chi connectivity index (χ1) is 9.06. The number of aryl methyl sites for hydroxylation is 1. The zero-order chi connectivity index (χ0) is 13.8. The lowest BCUT2D eigenvalue weighted by Gasteiger charge is -2.12. The van der Waals surface area contributed by atoms with Gasteiger partial charge in [0.1, 0.15) is 12.4 Å². The lowest BCUT2D eigenvalue weighted by molar-refractivity contribution is 0.304. The summed E-state index contributed by atoms with van der Waals surface area (Å²) in [5.41, 5.74) is 9.18. The largest absolute Gasteiger partial charge is 0.489 e. The van der Waals surface area contributed by atoms with Gasteiger partial charge >= 0.3 is 0 Å². The monoisotopic (exact) mass is 275 g/mol. The summed E-state index contributed by atoms with van der Waals surface area (Å²) in [5.74, 6) is 0.888. The van der Waals surface area contributed by atoms with Gasteiger partial charge in [-0.05, 0) is 48.7 Å². The number of hydrogen-bond donors (Lipinski definition) is 1. The summed E-state index contributed by atoms with van der Waals surface area (Å²) >= 11 is 5.85. The van der Waals surface area contributed by atoms with Crippen molar-refractivity contribution in [2.45, 2.75) is 26.5 Å². The van der Waals surface area contributed by atoms with E-state index in [1.165, 1.54) is 0 Å². The quantitative estimate of drug-likeness (QED) is 0.905. The van der Waals surface area contributed by atoms with E-state index in [1.54, 1.807) is 0 Å². The molecular weight excluding hydrogens is 258 g/mol. The fourth-order valence-electron chi connectivity index (χ4n) is 1.86. The molecule has 2 aromatic carbocycles. The van der Waals surface area contributed by atoms with Crippen molar-refractivity contribution in [1.82, 2.24) is 0 Å². The topological polar surface area (TPSA) is 35.2 Å². The molecule has 2 N–H and O–H groups in total. The first kappa shape index (κ1) is 13.9. The van der Waals surface area contributed by atoms with Crippen LogP contribution in [-0.4, -0.2) is 0 Å². The molecule has 0 saturated heterocycles. The first-order valence-electron chi connectivity index (χ1n) is 6.29. The van der Waals surface area contributed by atoms with E-state index in [9.17, 15) is 0 Å². The lowest BCUT2D eigenvalue weighted by Crippen LogP contribution is -2.05. The Labute approximate surface area is 119 Å². The molecule has 0 aliphatic carbocycles. The predicted molar refractivity (Wildman–Crippen MR) is 79.6 cm³/mol. The van der Waals surface area contributed by atoms with Gasteiger partial charge in [-0.2, -0.15) is 0 Å². The molecule has 100 valence electrons. The van der Waals surface area contributed by atoms with Crippen molar-refractivity contribution in [1.29, 1.82) is 0 Å². The van der Waals surface area contributed by atoms with Gasteiger partial charge in [0.15, 0.2) is 0 Å². The van der Waals surface area contributed by atoms with Crippen LogP contribution >= 0.6 is 11.6 Å². The van der Waals surface area contributed by atoms with Gasteiger partial charge in [0.05, 0.1) is 0 Å². The normalized spacial score (nSPS) is 12.2. The molecule has 2 aromatic rings. The van der Waals surface area contributed by atoms with Crippen molar-refractivity contribution in [2.75, 3.05) is 0 Å². The molecule has 0 heterocycles. The highest BCUT2D eigenvalue weighted by Crippen LogP contribution is 2.23. The van der Waals surface area contributed by atoms with E-state index >= 15 is 0 Å². The molecule has 3 heteroatoms. The minimum absolute atomic E-state index is 0.0454. The third kappa shape index (κ3) is 3.72. The summed E-state index contributed by atoms with van der Waals surface area (Å²) in [5, 5.41) is 0.737. The fraction of sp³-hybridized carbons (Fsp3) is 0.250. The van der Waals surface area contributed by atoms with E-state index in [0.29, 0.717) is 6.61 Å². The Morgan fingerprint density at radius 3 is 2.42 bits per heavy atom. The second-order valence-electron chi connectivity index (χ2n) is 4.73. The van der Waals surface area contributed by atoms with E-state index < -0.39 is 0 Å². The van der Waals surface area contributed by atoms with Crippen molar-refractivity contribution in [2.24, 2.45) is 5.73 Å². The van der Waals surface area contributed by atoms with Crippen LogP contribution in [0.5, 0.6) is 5.75 Å². The summed E-state index contributed by atoms with van der Waals surface area (Å²) in [6, 6.07) is 13.8. The molecule has 0 aliphatic rings. The average molecular weight is 276 g/mol. The highest BCUT2D eigenvalue weighted by Gasteiger charge is 2.04. The predicted octanol–water partition coefficient (Wildman–Crippen LogP) is 4.25. The van der Waals surface area contributed by atoms with Crippen LogP contribution in [0.25, 0.3) is 0 Å². The summed E-state index contributed by atoms with van der Waals surface area (Å²) in [6.07, 6.45) is 0. The molecule has 19 heavy (non-hydrogen) atoms. The van der Waals surface area contributed by atoms with E-state index in [2.05, 4.69) is 6.07 Å². The van der Waals surface area contributed by atoms with Crippen LogP contribution in [0.2, 0.25) is 5.02 Å². The SMILES string of the molecule is Cc1cc(C(C)N)ccc1OCc1ccc(Cl)cc1. The van der Waals surface area contributed by atoms with Gasteiger partial charge in [0.25, 0.3) is 0 Å². The molecule has 1 unspecified atom stereocenters. The number of halogens is 1.